The minimum atomic E-state index is -3.46. The van der Waals surface area contributed by atoms with Crippen molar-refractivity contribution in [1.29, 1.82) is 0 Å². The van der Waals surface area contributed by atoms with Crippen LogP contribution in [0.5, 0.6) is 0 Å². The summed E-state index contributed by atoms with van der Waals surface area (Å²) in [4.78, 5) is 17.8. The van der Waals surface area contributed by atoms with Gasteiger partial charge in [-0.1, -0.05) is 60.7 Å². The van der Waals surface area contributed by atoms with Gasteiger partial charge in [0.15, 0.2) is 5.65 Å². The van der Waals surface area contributed by atoms with Crippen molar-refractivity contribution in [2.45, 2.75) is 17.4 Å². The zero-order chi connectivity index (χ0) is 21.6. The molecule has 0 radical (unpaired) electrons. The summed E-state index contributed by atoms with van der Waals surface area (Å²) < 4.78 is 28.1. The number of fused-ring (bicyclic) bond motifs is 3. The number of hydrogen-bond donors (Lipinski definition) is 0. The first kappa shape index (κ1) is 19.7. The Kier molecular flexibility index (Phi) is 4.71. The SMILES string of the molecule is CS(=O)(=O)c1nc2c(s1)c1cnn(Cc3ccccc3)c(=O)c1n2Cc1ccccc1. The van der Waals surface area contributed by atoms with Crippen LogP contribution in [0.15, 0.2) is 76.0 Å². The van der Waals surface area contributed by atoms with Gasteiger partial charge in [0.2, 0.25) is 14.2 Å². The Hall–Kier alpha value is -3.30. The minimum Gasteiger partial charge on any atom is -0.315 e. The summed E-state index contributed by atoms with van der Waals surface area (Å²) in [7, 11) is -3.46. The average molecular weight is 451 g/mol. The van der Waals surface area contributed by atoms with Gasteiger partial charge in [-0.3, -0.25) is 4.79 Å². The van der Waals surface area contributed by atoms with E-state index in [2.05, 4.69) is 10.1 Å². The molecular weight excluding hydrogens is 432 g/mol. The van der Waals surface area contributed by atoms with Crippen molar-refractivity contribution < 1.29 is 8.42 Å². The van der Waals surface area contributed by atoms with Gasteiger partial charge in [0.1, 0.15) is 5.52 Å². The molecule has 9 heteroatoms. The van der Waals surface area contributed by atoms with Crippen LogP contribution in [-0.4, -0.2) is 34.0 Å². The molecule has 0 aliphatic heterocycles. The summed E-state index contributed by atoms with van der Waals surface area (Å²) in [6, 6.07) is 19.4. The van der Waals surface area contributed by atoms with Crippen LogP contribution in [0.3, 0.4) is 0 Å². The average Bonchev–Trinajstić information content (AvgIpc) is 3.31. The summed E-state index contributed by atoms with van der Waals surface area (Å²) in [6.45, 7) is 0.750. The first-order chi connectivity index (χ1) is 14.9. The van der Waals surface area contributed by atoms with Gasteiger partial charge in [0.05, 0.1) is 17.4 Å². The molecule has 0 aliphatic carbocycles. The highest BCUT2D eigenvalue weighted by atomic mass is 32.2. The number of rotatable bonds is 5. The lowest BCUT2D eigenvalue weighted by Crippen LogP contribution is -2.25. The van der Waals surface area contributed by atoms with E-state index in [9.17, 15) is 13.2 Å². The lowest BCUT2D eigenvalue weighted by Gasteiger charge is -2.09. The van der Waals surface area contributed by atoms with Crippen molar-refractivity contribution in [1.82, 2.24) is 19.3 Å². The molecule has 7 nitrogen and oxygen atoms in total. The molecule has 3 heterocycles. The zero-order valence-electron chi connectivity index (χ0n) is 16.6. The molecular formula is C22H18N4O3S2. The van der Waals surface area contributed by atoms with E-state index in [4.69, 9.17) is 0 Å². The molecule has 156 valence electrons. The topological polar surface area (TPSA) is 86.8 Å². The molecule has 5 aromatic rings. The van der Waals surface area contributed by atoms with Crippen LogP contribution in [0.2, 0.25) is 0 Å². The third-order valence-electron chi connectivity index (χ3n) is 5.05. The molecule has 0 atom stereocenters. The maximum Gasteiger partial charge on any atom is 0.291 e. The van der Waals surface area contributed by atoms with Crippen LogP contribution in [-0.2, 0) is 22.9 Å². The van der Waals surface area contributed by atoms with Crippen molar-refractivity contribution in [3.8, 4) is 0 Å². The number of benzene rings is 2. The standard InChI is InChI=1S/C22H18N4O3S2/c1-31(28,29)22-24-20-19(30-22)17-12-23-26(14-16-10-6-3-7-11-16)21(27)18(17)25(20)13-15-8-4-2-5-9-15/h2-12H,13-14H2,1H3. The van der Waals surface area contributed by atoms with Crippen LogP contribution < -0.4 is 5.56 Å². The van der Waals surface area contributed by atoms with Crippen molar-refractivity contribution in [2.24, 2.45) is 0 Å². The highest BCUT2D eigenvalue weighted by Crippen LogP contribution is 2.33. The molecule has 0 unspecified atom stereocenters. The second kappa shape index (κ2) is 7.44. The second-order valence-corrected chi connectivity index (χ2v) is 10.5. The summed E-state index contributed by atoms with van der Waals surface area (Å²) in [6.07, 6.45) is 2.77. The Balaban J connectivity index is 1.75. The van der Waals surface area contributed by atoms with Gasteiger partial charge in [0.25, 0.3) is 5.56 Å². The summed E-state index contributed by atoms with van der Waals surface area (Å²) in [5.41, 5.74) is 2.69. The first-order valence-corrected chi connectivity index (χ1v) is 12.3. The van der Waals surface area contributed by atoms with Gasteiger partial charge in [-0.2, -0.15) is 5.10 Å². The van der Waals surface area contributed by atoms with Crippen LogP contribution in [0.4, 0.5) is 0 Å². The van der Waals surface area contributed by atoms with Gasteiger partial charge in [0, 0.05) is 18.2 Å². The first-order valence-electron chi connectivity index (χ1n) is 9.58. The van der Waals surface area contributed by atoms with E-state index in [1.165, 1.54) is 4.68 Å². The Bertz CT molecular complexity index is 1570. The zero-order valence-corrected chi connectivity index (χ0v) is 18.2. The summed E-state index contributed by atoms with van der Waals surface area (Å²) >= 11 is 1.08. The highest BCUT2D eigenvalue weighted by Gasteiger charge is 2.23. The molecule has 0 saturated carbocycles. The Morgan fingerprint density at radius 3 is 2.16 bits per heavy atom. The number of hydrogen-bond acceptors (Lipinski definition) is 6. The molecule has 5 rings (SSSR count). The smallest absolute Gasteiger partial charge is 0.291 e. The second-order valence-electron chi connectivity index (χ2n) is 7.33. The molecule has 0 bridgehead atoms. The lowest BCUT2D eigenvalue weighted by atomic mass is 10.2. The molecule has 0 saturated heterocycles. The molecule has 2 aromatic carbocycles. The third-order valence-corrected chi connectivity index (χ3v) is 7.81. The minimum absolute atomic E-state index is 0.0367. The van der Waals surface area contributed by atoms with Crippen molar-refractivity contribution >= 4 is 42.4 Å². The lowest BCUT2D eigenvalue weighted by molar-refractivity contribution is 0.601. The van der Waals surface area contributed by atoms with E-state index in [0.29, 0.717) is 34.3 Å². The van der Waals surface area contributed by atoms with Crippen LogP contribution in [0, 0.1) is 0 Å². The fourth-order valence-electron chi connectivity index (χ4n) is 3.61. The van der Waals surface area contributed by atoms with Crippen LogP contribution in [0.1, 0.15) is 11.1 Å². The number of thiazole rings is 1. The van der Waals surface area contributed by atoms with E-state index in [1.54, 1.807) is 10.8 Å². The van der Waals surface area contributed by atoms with Gasteiger partial charge in [-0.25, -0.2) is 18.1 Å². The molecule has 0 N–H and O–H groups in total. The molecule has 0 spiro atoms. The monoisotopic (exact) mass is 450 g/mol. The van der Waals surface area contributed by atoms with E-state index in [-0.39, 0.29) is 9.90 Å². The van der Waals surface area contributed by atoms with E-state index >= 15 is 0 Å². The number of aromatic nitrogens is 4. The predicted octanol–water partition coefficient (Wildman–Crippen LogP) is 3.31. The van der Waals surface area contributed by atoms with Crippen LogP contribution in [0.25, 0.3) is 21.3 Å². The summed E-state index contributed by atoms with van der Waals surface area (Å²) in [5, 5.41) is 4.98. The van der Waals surface area contributed by atoms with Crippen molar-refractivity contribution in [3.63, 3.8) is 0 Å². The van der Waals surface area contributed by atoms with Crippen molar-refractivity contribution in [3.05, 3.63) is 88.3 Å². The maximum absolute atomic E-state index is 13.4. The van der Waals surface area contributed by atoms with E-state index in [0.717, 1.165) is 28.7 Å². The van der Waals surface area contributed by atoms with Crippen LogP contribution >= 0.6 is 11.3 Å². The fraction of sp³-hybridized carbons (Fsp3) is 0.136. The number of nitrogens with zero attached hydrogens (tertiary/aromatic N) is 4. The largest absolute Gasteiger partial charge is 0.315 e. The van der Waals surface area contributed by atoms with Gasteiger partial charge >= 0.3 is 0 Å². The predicted molar refractivity (Wildman–Crippen MR) is 121 cm³/mol. The maximum atomic E-state index is 13.4. The molecule has 3 aromatic heterocycles. The Morgan fingerprint density at radius 2 is 1.55 bits per heavy atom. The number of sulfone groups is 1. The van der Waals surface area contributed by atoms with Gasteiger partial charge < -0.3 is 4.57 Å². The molecule has 0 fully saturated rings. The van der Waals surface area contributed by atoms with Gasteiger partial charge in [-0.15, -0.1) is 11.3 Å². The molecule has 0 amide bonds. The summed E-state index contributed by atoms with van der Waals surface area (Å²) in [5.74, 6) is 0. The Labute approximate surface area is 182 Å². The fourth-order valence-corrected chi connectivity index (χ4v) is 5.53. The molecule has 31 heavy (non-hydrogen) atoms. The quantitative estimate of drug-likeness (QED) is 0.410. The van der Waals surface area contributed by atoms with Gasteiger partial charge in [-0.05, 0) is 11.1 Å². The molecule has 0 aliphatic rings. The Morgan fingerprint density at radius 1 is 0.935 bits per heavy atom. The van der Waals surface area contributed by atoms with Crippen molar-refractivity contribution in [2.75, 3.05) is 6.26 Å². The normalized spacial score (nSPS) is 12.0. The van der Waals surface area contributed by atoms with E-state index in [1.807, 2.05) is 60.7 Å². The third kappa shape index (κ3) is 3.55. The highest BCUT2D eigenvalue weighted by molar-refractivity contribution is 7.92. The van der Waals surface area contributed by atoms with E-state index < -0.39 is 9.84 Å².